The number of hydrogen-bond donors (Lipinski definition) is 0. The van der Waals surface area contributed by atoms with Gasteiger partial charge in [0, 0.05) is 19.0 Å². The number of hydrogen-bond acceptors (Lipinski definition) is 8. The van der Waals surface area contributed by atoms with E-state index in [1.165, 1.54) is 16.9 Å². The molecule has 4 aromatic rings. The van der Waals surface area contributed by atoms with Crippen molar-refractivity contribution in [1.82, 2.24) is 20.0 Å². The number of aryl methyl sites for hydroxylation is 2. The average Bonchev–Trinajstić information content (AvgIpc) is 3.45. The van der Waals surface area contributed by atoms with Crippen molar-refractivity contribution in [3.8, 4) is 17.4 Å². The van der Waals surface area contributed by atoms with Crippen molar-refractivity contribution in [2.24, 2.45) is 0 Å². The molecule has 12 heteroatoms. The zero-order chi connectivity index (χ0) is 21.1. The molecule has 0 atom stereocenters. The van der Waals surface area contributed by atoms with Crippen LogP contribution in [-0.4, -0.2) is 24.9 Å². The summed E-state index contributed by atoms with van der Waals surface area (Å²) >= 11 is 0. The summed E-state index contributed by atoms with van der Waals surface area (Å²) in [6.07, 6.45) is 2.77. The van der Waals surface area contributed by atoms with Crippen LogP contribution in [0.3, 0.4) is 0 Å². The van der Waals surface area contributed by atoms with E-state index in [0.717, 1.165) is 18.3 Å². The summed E-state index contributed by atoms with van der Waals surface area (Å²) in [6, 6.07) is 6.20. The van der Waals surface area contributed by atoms with Crippen LogP contribution >= 0.6 is 0 Å². The second kappa shape index (κ2) is 8.11. The second-order valence-electron chi connectivity index (χ2n) is 6.10. The zero-order valence-corrected chi connectivity index (χ0v) is 15.2. The number of furan rings is 1. The fraction of sp³-hybridized carbons (Fsp3) is 0.167. The predicted molar refractivity (Wildman–Crippen MR) is 95.3 cm³/mol. The van der Waals surface area contributed by atoms with Crippen molar-refractivity contribution in [2.45, 2.75) is 19.6 Å². The molecular weight excluding hydrogens is 404 g/mol. The summed E-state index contributed by atoms with van der Waals surface area (Å²) in [4.78, 5) is 10.1. The van der Waals surface area contributed by atoms with E-state index in [4.69, 9.17) is 13.6 Å². The largest absolute Gasteiger partial charge is 0.483 e. The van der Waals surface area contributed by atoms with Gasteiger partial charge in [-0.05, 0) is 24.3 Å². The van der Waals surface area contributed by atoms with Gasteiger partial charge in [0.1, 0.15) is 30.6 Å². The van der Waals surface area contributed by atoms with E-state index in [9.17, 15) is 18.9 Å². The third-order valence-electron chi connectivity index (χ3n) is 3.99. The maximum Gasteiger partial charge on any atom is 0.306 e. The molecule has 0 aliphatic carbocycles. The van der Waals surface area contributed by atoms with Crippen molar-refractivity contribution >= 4 is 5.69 Å². The number of nitro groups is 1. The lowest BCUT2D eigenvalue weighted by atomic mass is 10.3. The van der Waals surface area contributed by atoms with Crippen LogP contribution in [0.15, 0.2) is 51.6 Å². The highest BCUT2D eigenvalue weighted by Crippen LogP contribution is 2.23. The average molecular weight is 417 g/mol. The molecule has 30 heavy (non-hydrogen) atoms. The van der Waals surface area contributed by atoms with E-state index in [1.54, 1.807) is 12.1 Å². The Hall–Kier alpha value is -4.09. The summed E-state index contributed by atoms with van der Waals surface area (Å²) in [6.45, 7) is 0.234. The Bertz CT molecular complexity index is 1190. The predicted octanol–water partition coefficient (Wildman–Crippen LogP) is 3.53. The summed E-state index contributed by atoms with van der Waals surface area (Å²) in [7, 11) is 0. The molecule has 0 unspecified atom stereocenters. The molecular formula is C18H13F2N5O5. The highest BCUT2D eigenvalue weighted by Gasteiger charge is 2.15. The first-order chi connectivity index (χ1) is 14.5. The molecule has 0 N–H and O–H groups in total. The number of benzene rings is 1. The Balaban J connectivity index is 1.35. The molecule has 0 spiro atoms. The molecule has 4 rings (SSSR count). The SMILES string of the molecule is O=[N+]([O-])c1cnn(CCc2nnc(-c3ccc(COc4ccc(F)cc4F)o3)o2)c1. The molecule has 154 valence electrons. The highest BCUT2D eigenvalue weighted by molar-refractivity contribution is 5.43. The van der Waals surface area contributed by atoms with Crippen molar-refractivity contribution in [3.05, 3.63) is 76.1 Å². The summed E-state index contributed by atoms with van der Waals surface area (Å²) in [5.41, 5.74) is -0.105. The van der Waals surface area contributed by atoms with Gasteiger partial charge in [-0.2, -0.15) is 5.10 Å². The molecule has 3 aromatic heterocycles. The molecule has 0 saturated heterocycles. The van der Waals surface area contributed by atoms with Gasteiger partial charge >= 0.3 is 5.69 Å². The maximum atomic E-state index is 13.6. The molecule has 0 saturated carbocycles. The number of aromatic nitrogens is 4. The second-order valence-corrected chi connectivity index (χ2v) is 6.10. The van der Waals surface area contributed by atoms with Crippen molar-refractivity contribution in [3.63, 3.8) is 0 Å². The minimum absolute atomic E-state index is 0.0817. The first-order valence-corrected chi connectivity index (χ1v) is 8.64. The Morgan fingerprint density at radius 1 is 1.17 bits per heavy atom. The molecule has 0 aliphatic heterocycles. The van der Waals surface area contributed by atoms with Crippen molar-refractivity contribution < 1.29 is 27.3 Å². The fourth-order valence-corrected chi connectivity index (χ4v) is 2.55. The van der Waals surface area contributed by atoms with Crippen LogP contribution in [-0.2, 0) is 19.6 Å². The van der Waals surface area contributed by atoms with Gasteiger partial charge in [-0.1, -0.05) is 0 Å². The van der Waals surface area contributed by atoms with Crippen molar-refractivity contribution in [2.75, 3.05) is 0 Å². The van der Waals surface area contributed by atoms with E-state index in [-0.39, 0.29) is 23.9 Å². The maximum absolute atomic E-state index is 13.6. The van der Waals surface area contributed by atoms with Gasteiger partial charge in [-0.3, -0.25) is 14.8 Å². The lowest BCUT2D eigenvalue weighted by Gasteiger charge is -2.05. The Morgan fingerprint density at radius 3 is 2.80 bits per heavy atom. The number of rotatable bonds is 8. The van der Waals surface area contributed by atoms with Gasteiger partial charge in [0.2, 0.25) is 5.89 Å². The topological polar surface area (TPSA) is 122 Å². The van der Waals surface area contributed by atoms with Crippen LogP contribution in [0.4, 0.5) is 14.5 Å². The van der Waals surface area contributed by atoms with Crippen LogP contribution in [0.1, 0.15) is 11.7 Å². The number of halogens is 2. The minimum atomic E-state index is -0.814. The minimum Gasteiger partial charge on any atom is -0.483 e. The lowest BCUT2D eigenvalue weighted by molar-refractivity contribution is -0.385. The molecule has 0 radical (unpaired) electrons. The Labute approximate surface area is 166 Å². The van der Waals surface area contributed by atoms with Gasteiger partial charge in [0.05, 0.1) is 4.92 Å². The smallest absolute Gasteiger partial charge is 0.306 e. The number of ether oxygens (including phenoxy) is 1. The summed E-state index contributed by atoms with van der Waals surface area (Å²) < 4.78 is 44.3. The molecule has 0 aliphatic rings. The number of nitrogens with zero attached hydrogens (tertiary/aromatic N) is 5. The van der Waals surface area contributed by atoms with Gasteiger partial charge in [-0.15, -0.1) is 10.2 Å². The van der Waals surface area contributed by atoms with Gasteiger partial charge in [0.15, 0.2) is 17.3 Å². The fourth-order valence-electron chi connectivity index (χ4n) is 2.55. The van der Waals surface area contributed by atoms with Crippen LogP contribution in [0.25, 0.3) is 11.7 Å². The quantitative estimate of drug-likeness (QED) is 0.315. The molecule has 0 amide bonds. The standard InChI is InChI=1S/C18H13F2N5O5/c19-11-1-3-15(14(20)7-11)28-10-13-2-4-16(29-13)18-23-22-17(30-18)5-6-24-9-12(8-21-24)25(26)27/h1-4,7-9H,5-6,10H2. The monoisotopic (exact) mass is 417 g/mol. The third kappa shape index (κ3) is 4.32. The van der Waals surface area contributed by atoms with E-state index in [0.29, 0.717) is 30.4 Å². The van der Waals surface area contributed by atoms with Gasteiger partial charge in [-0.25, -0.2) is 8.78 Å². The van der Waals surface area contributed by atoms with E-state index < -0.39 is 16.6 Å². The van der Waals surface area contributed by atoms with E-state index in [2.05, 4.69) is 15.3 Å². The van der Waals surface area contributed by atoms with Crippen LogP contribution in [0.5, 0.6) is 5.75 Å². The summed E-state index contributed by atoms with van der Waals surface area (Å²) in [5, 5.41) is 22.3. The van der Waals surface area contributed by atoms with Crippen molar-refractivity contribution in [1.29, 1.82) is 0 Å². The first-order valence-electron chi connectivity index (χ1n) is 8.64. The van der Waals surface area contributed by atoms with Gasteiger partial charge in [0.25, 0.3) is 5.89 Å². The third-order valence-corrected chi connectivity index (χ3v) is 3.99. The molecule has 3 heterocycles. The molecule has 1 aromatic carbocycles. The first kappa shape index (κ1) is 19.2. The van der Waals surface area contributed by atoms with Crippen LogP contribution in [0.2, 0.25) is 0 Å². The zero-order valence-electron chi connectivity index (χ0n) is 15.2. The van der Waals surface area contributed by atoms with E-state index >= 15 is 0 Å². The lowest BCUT2D eigenvalue weighted by Crippen LogP contribution is -2.01. The Morgan fingerprint density at radius 2 is 2.03 bits per heavy atom. The molecule has 10 nitrogen and oxygen atoms in total. The Kier molecular flexibility index (Phi) is 5.20. The highest BCUT2D eigenvalue weighted by atomic mass is 19.1. The summed E-state index contributed by atoms with van der Waals surface area (Å²) in [5.74, 6) is -0.516. The molecule has 0 bridgehead atoms. The molecule has 0 fully saturated rings. The van der Waals surface area contributed by atoms with Gasteiger partial charge < -0.3 is 13.6 Å². The van der Waals surface area contributed by atoms with Crippen LogP contribution < -0.4 is 4.74 Å². The van der Waals surface area contributed by atoms with E-state index in [1.807, 2.05) is 0 Å². The normalized spacial score (nSPS) is 11.0. The van der Waals surface area contributed by atoms with Crippen LogP contribution in [0, 0.1) is 21.7 Å².